The van der Waals surface area contributed by atoms with Gasteiger partial charge in [0.2, 0.25) is 0 Å². The lowest BCUT2D eigenvalue weighted by Crippen LogP contribution is -2.21. The van der Waals surface area contributed by atoms with Crippen molar-refractivity contribution in [3.05, 3.63) is 0 Å². The molecule has 0 amide bonds. The molecule has 1 N–H and O–H groups in total. The summed E-state index contributed by atoms with van der Waals surface area (Å²) in [5.74, 6) is 0. The van der Waals surface area contributed by atoms with E-state index in [-0.39, 0.29) is 0 Å². The van der Waals surface area contributed by atoms with Gasteiger partial charge >= 0.3 is 0 Å². The van der Waals surface area contributed by atoms with Crippen molar-refractivity contribution in [1.82, 2.24) is 5.32 Å². The zero-order valence-corrected chi connectivity index (χ0v) is 9.41. The average Bonchev–Trinajstić information content (AvgIpc) is 2.04. The number of rotatable bonds is 6. The molecule has 1 unspecified atom stereocenters. The first kappa shape index (κ1) is 12.0. The molecule has 0 rings (SSSR count). The Morgan fingerprint density at radius 1 is 1.33 bits per heavy atom. The highest BCUT2D eigenvalue weighted by atomic mass is 14.8. The van der Waals surface area contributed by atoms with E-state index in [9.17, 15) is 0 Å². The first-order valence-electron chi connectivity index (χ1n) is 5.19. The van der Waals surface area contributed by atoms with Crippen LogP contribution in [0.5, 0.6) is 0 Å². The molecular weight excluding hydrogens is 146 g/mol. The minimum atomic E-state index is 0.549. The van der Waals surface area contributed by atoms with E-state index in [0.29, 0.717) is 11.5 Å². The van der Waals surface area contributed by atoms with Gasteiger partial charge in [-0.15, -0.1) is 0 Å². The molecule has 1 atom stereocenters. The molecule has 74 valence electrons. The van der Waals surface area contributed by atoms with Crippen LogP contribution in [0.4, 0.5) is 0 Å². The Morgan fingerprint density at radius 3 is 2.33 bits per heavy atom. The summed E-state index contributed by atoms with van der Waals surface area (Å²) in [5, 5.41) is 3.27. The lowest BCUT2D eigenvalue weighted by molar-refractivity contribution is 0.303. The van der Waals surface area contributed by atoms with Crippen LogP contribution < -0.4 is 5.32 Å². The van der Waals surface area contributed by atoms with Crippen LogP contribution in [-0.4, -0.2) is 13.1 Å². The number of hydrogen-bond acceptors (Lipinski definition) is 1. The largest absolute Gasteiger partial charge is 0.317 e. The molecule has 0 saturated heterocycles. The van der Waals surface area contributed by atoms with Gasteiger partial charge in [0.15, 0.2) is 0 Å². The number of nitrogens with one attached hydrogen (secondary N) is 1. The molecule has 0 aliphatic carbocycles. The van der Waals surface area contributed by atoms with Crippen molar-refractivity contribution in [3.8, 4) is 0 Å². The van der Waals surface area contributed by atoms with Gasteiger partial charge in [-0.05, 0) is 32.2 Å². The normalized spacial score (nSPS) is 14.8. The van der Waals surface area contributed by atoms with Crippen molar-refractivity contribution < 1.29 is 0 Å². The van der Waals surface area contributed by atoms with Gasteiger partial charge in [-0.1, -0.05) is 33.6 Å². The van der Waals surface area contributed by atoms with Gasteiger partial charge in [0.05, 0.1) is 0 Å². The lowest BCUT2D eigenvalue weighted by atomic mass is 9.84. The highest BCUT2D eigenvalue weighted by molar-refractivity contribution is 4.67. The standard InChI is InChI=1S/C11H25N/c1-6-11(3,4)9-7-8-10(2)12-5/h10,12H,6-9H2,1-5H3. The average molecular weight is 171 g/mol. The molecule has 0 bridgehead atoms. The van der Waals surface area contributed by atoms with E-state index in [1.54, 1.807) is 0 Å². The van der Waals surface area contributed by atoms with Crippen LogP contribution in [0.3, 0.4) is 0 Å². The molecule has 0 aromatic rings. The highest BCUT2D eigenvalue weighted by Crippen LogP contribution is 2.26. The van der Waals surface area contributed by atoms with E-state index >= 15 is 0 Å². The Kier molecular flexibility index (Phi) is 5.56. The molecule has 0 radical (unpaired) electrons. The SMILES string of the molecule is CCC(C)(C)CCCC(C)NC. The Hall–Kier alpha value is -0.0400. The van der Waals surface area contributed by atoms with E-state index in [1.165, 1.54) is 25.7 Å². The summed E-state index contributed by atoms with van der Waals surface area (Å²) in [7, 11) is 2.04. The molecule has 0 saturated carbocycles. The predicted molar refractivity (Wildman–Crippen MR) is 56.4 cm³/mol. The molecule has 0 fully saturated rings. The summed E-state index contributed by atoms with van der Waals surface area (Å²) in [6.07, 6.45) is 5.30. The predicted octanol–water partition coefficient (Wildman–Crippen LogP) is 3.20. The topological polar surface area (TPSA) is 12.0 Å². The van der Waals surface area contributed by atoms with E-state index < -0.39 is 0 Å². The fourth-order valence-corrected chi connectivity index (χ4v) is 1.21. The maximum atomic E-state index is 3.27. The van der Waals surface area contributed by atoms with Crippen LogP contribution in [0.1, 0.15) is 53.4 Å². The minimum Gasteiger partial charge on any atom is -0.317 e. The zero-order chi connectivity index (χ0) is 9.61. The van der Waals surface area contributed by atoms with Crippen molar-refractivity contribution in [1.29, 1.82) is 0 Å². The van der Waals surface area contributed by atoms with Crippen molar-refractivity contribution in [3.63, 3.8) is 0 Å². The molecule has 0 aliphatic rings. The van der Waals surface area contributed by atoms with E-state index in [1.807, 2.05) is 7.05 Å². The van der Waals surface area contributed by atoms with Crippen molar-refractivity contribution >= 4 is 0 Å². The molecule has 0 aromatic heterocycles. The monoisotopic (exact) mass is 171 g/mol. The summed E-state index contributed by atoms with van der Waals surface area (Å²) in [5.41, 5.74) is 0.549. The van der Waals surface area contributed by atoms with E-state index in [2.05, 4.69) is 33.0 Å². The molecule has 1 heteroatoms. The maximum Gasteiger partial charge on any atom is 0.00357 e. The fraction of sp³-hybridized carbons (Fsp3) is 1.00. The lowest BCUT2D eigenvalue weighted by Gasteiger charge is -2.23. The third-order valence-electron chi connectivity index (χ3n) is 2.94. The van der Waals surface area contributed by atoms with Crippen molar-refractivity contribution in [2.75, 3.05) is 7.05 Å². The molecular formula is C11H25N. The third kappa shape index (κ3) is 5.59. The third-order valence-corrected chi connectivity index (χ3v) is 2.94. The molecule has 0 spiro atoms. The van der Waals surface area contributed by atoms with Gasteiger partial charge in [-0.2, -0.15) is 0 Å². The van der Waals surface area contributed by atoms with Crippen LogP contribution in [-0.2, 0) is 0 Å². The Labute approximate surface area is 77.9 Å². The molecule has 0 heterocycles. The second kappa shape index (κ2) is 5.58. The smallest absolute Gasteiger partial charge is 0.00357 e. The van der Waals surface area contributed by atoms with Gasteiger partial charge in [-0.25, -0.2) is 0 Å². The van der Waals surface area contributed by atoms with Crippen LogP contribution in [0.2, 0.25) is 0 Å². The van der Waals surface area contributed by atoms with Gasteiger partial charge in [0.1, 0.15) is 0 Å². The van der Waals surface area contributed by atoms with Gasteiger partial charge in [0, 0.05) is 6.04 Å². The summed E-state index contributed by atoms with van der Waals surface area (Å²) >= 11 is 0. The van der Waals surface area contributed by atoms with Gasteiger partial charge < -0.3 is 5.32 Å². The van der Waals surface area contributed by atoms with Crippen molar-refractivity contribution in [2.45, 2.75) is 59.4 Å². The van der Waals surface area contributed by atoms with Crippen LogP contribution in [0.15, 0.2) is 0 Å². The Morgan fingerprint density at radius 2 is 1.92 bits per heavy atom. The summed E-state index contributed by atoms with van der Waals surface area (Å²) < 4.78 is 0. The quantitative estimate of drug-likeness (QED) is 0.647. The molecule has 1 nitrogen and oxygen atoms in total. The van der Waals surface area contributed by atoms with Crippen LogP contribution >= 0.6 is 0 Å². The molecule has 0 aliphatic heterocycles. The van der Waals surface area contributed by atoms with Gasteiger partial charge in [0.25, 0.3) is 0 Å². The minimum absolute atomic E-state index is 0.549. The zero-order valence-electron chi connectivity index (χ0n) is 9.41. The second-order valence-electron chi connectivity index (χ2n) is 4.60. The summed E-state index contributed by atoms with van der Waals surface area (Å²) in [6.45, 7) is 9.24. The first-order chi connectivity index (χ1) is 5.52. The number of hydrogen-bond donors (Lipinski definition) is 1. The van der Waals surface area contributed by atoms with E-state index in [0.717, 1.165) is 0 Å². The molecule has 0 aromatic carbocycles. The van der Waals surface area contributed by atoms with Crippen molar-refractivity contribution in [2.24, 2.45) is 5.41 Å². The van der Waals surface area contributed by atoms with E-state index in [4.69, 9.17) is 0 Å². The Bertz CT molecular complexity index is 108. The van der Waals surface area contributed by atoms with Crippen LogP contribution in [0, 0.1) is 5.41 Å². The maximum absolute atomic E-state index is 3.27. The molecule has 12 heavy (non-hydrogen) atoms. The van der Waals surface area contributed by atoms with Gasteiger partial charge in [-0.3, -0.25) is 0 Å². The first-order valence-corrected chi connectivity index (χ1v) is 5.19. The fourth-order valence-electron chi connectivity index (χ4n) is 1.21. The summed E-state index contributed by atoms with van der Waals surface area (Å²) in [4.78, 5) is 0. The summed E-state index contributed by atoms with van der Waals surface area (Å²) in [6, 6.07) is 0.678. The second-order valence-corrected chi connectivity index (χ2v) is 4.60. The highest BCUT2D eigenvalue weighted by Gasteiger charge is 2.14. The van der Waals surface area contributed by atoms with Crippen LogP contribution in [0.25, 0.3) is 0 Å². The Balaban J connectivity index is 3.42.